The molecule has 11 heteroatoms. The summed E-state index contributed by atoms with van der Waals surface area (Å²) in [5.41, 5.74) is 0.993. The van der Waals surface area contributed by atoms with Crippen molar-refractivity contribution in [1.82, 2.24) is 19.9 Å². The summed E-state index contributed by atoms with van der Waals surface area (Å²) in [5, 5.41) is 10.7. The number of para-hydroxylation sites is 1. The van der Waals surface area contributed by atoms with Gasteiger partial charge < -0.3 is 15.0 Å². The summed E-state index contributed by atoms with van der Waals surface area (Å²) in [6, 6.07) is 10.0. The summed E-state index contributed by atoms with van der Waals surface area (Å²) in [5.74, 6) is -0.557. The largest absolute Gasteiger partial charge is 0.573 e. The molecule has 0 bridgehead atoms. The van der Waals surface area contributed by atoms with E-state index in [4.69, 9.17) is 11.6 Å². The Kier molecular flexibility index (Phi) is 7.06. The number of alkyl halides is 3. The zero-order chi connectivity index (χ0) is 24.1. The number of halogens is 4. The quantitative estimate of drug-likeness (QED) is 0.498. The zero-order valence-corrected chi connectivity index (χ0v) is 18.6. The molecule has 0 radical (unpaired) electrons. The Labute approximate surface area is 198 Å². The number of piperidine rings is 1. The van der Waals surface area contributed by atoms with E-state index in [-0.39, 0.29) is 28.3 Å². The van der Waals surface area contributed by atoms with Crippen LogP contribution in [0, 0.1) is 0 Å². The van der Waals surface area contributed by atoms with Crippen molar-refractivity contribution in [2.24, 2.45) is 0 Å². The van der Waals surface area contributed by atoms with Crippen LogP contribution in [-0.4, -0.2) is 44.7 Å². The number of amides is 1. The van der Waals surface area contributed by atoms with Crippen LogP contribution in [0.3, 0.4) is 0 Å². The number of hydrogen-bond donors (Lipinski definition) is 1. The van der Waals surface area contributed by atoms with Gasteiger partial charge in [-0.25, -0.2) is 4.68 Å². The molecule has 1 aliphatic heterocycles. The number of hydrogen-bond acceptors (Lipinski definition) is 5. The number of rotatable bonds is 6. The Morgan fingerprint density at radius 1 is 1.15 bits per heavy atom. The van der Waals surface area contributed by atoms with Crippen molar-refractivity contribution >= 4 is 29.4 Å². The maximum absolute atomic E-state index is 13.0. The van der Waals surface area contributed by atoms with Crippen molar-refractivity contribution in [2.45, 2.75) is 31.7 Å². The summed E-state index contributed by atoms with van der Waals surface area (Å²) in [4.78, 5) is 15.0. The first kappa shape index (κ1) is 23.6. The number of nitrogens with zero attached hydrogens (tertiary/aromatic N) is 4. The van der Waals surface area contributed by atoms with Gasteiger partial charge in [0, 0.05) is 35.8 Å². The third kappa shape index (κ3) is 5.88. The van der Waals surface area contributed by atoms with E-state index in [2.05, 4.69) is 20.4 Å². The highest BCUT2D eigenvalue weighted by Crippen LogP contribution is 2.38. The van der Waals surface area contributed by atoms with Crippen LogP contribution in [0.25, 0.3) is 17.3 Å². The molecule has 0 unspecified atom stereocenters. The molecule has 1 N–H and O–H groups in total. The number of aromatic nitrogens is 3. The molecule has 1 fully saturated rings. The van der Waals surface area contributed by atoms with Crippen LogP contribution >= 0.6 is 11.6 Å². The van der Waals surface area contributed by atoms with Crippen LogP contribution in [-0.2, 0) is 4.79 Å². The Balaban J connectivity index is 1.50. The SMILES string of the molecule is O=C(Nc1ccc(-c2ccccc2OC(F)(F)F)c(Cl)c1)[C@H]1CCCCN1C=Cn1ccnn1. The zero-order valence-electron chi connectivity index (χ0n) is 17.9. The minimum Gasteiger partial charge on any atom is -0.405 e. The number of carbonyl (C=O) groups excluding carboxylic acids is 1. The molecule has 178 valence electrons. The lowest BCUT2D eigenvalue weighted by Crippen LogP contribution is -2.44. The number of likely N-dealkylation sites (tertiary alicyclic amines) is 1. The highest BCUT2D eigenvalue weighted by atomic mass is 35.5. The van der Waals surface area contributed by atoms with Gasteiger partial charge in [0.2, 0.25) is 5.91 Å². The van der Waals surface area contributed by atoms with Crippen molar-refractivity contribution in [3.8, 4) is 16.9 Å². The van der Waals surface area contributed by atoms with E-state index in [1.165, 1.54) is 24.3 Å². The number of benzene rings is 2. The lowest BCUT2D eigenvalue weighted by molar-refractivity contribution is -0.274. The van der Waals surface area contributed by atoms with E-state index in [1.54, 1.807) is 41.5 Å². The van der Waals surface area contributed by atoms with Crippen LogP contribution in [0.1, 0.15) is 19.3 Å². The van der Waals surface area contributed by atoms with Gasteiger partial charge in [-0.05, 0) is 37.5 Å². The second-order valence-corrected chi connectivity index (χ2v) is 8.07. The molecular formula is C23H21ClF3N5O2. The molecule has 0 saturated carbocycles. The molecule has 1 amide bonds. The monoisotopic (exact) mass is 491 g/mol. The summed E-state index contributed by atoms with van der Waals surface area (Å²) in [6.07, 6.45) is 4.53. The average molecular weight is 492 g/mol. The predicted molar refractivity (Wildman–Crippen MR) is 122 cm³/mol. The topological polar surface area (TPSA) is 72.3 Å². The van der Waals surface area contributed by atoms with Crippen molar-refractivity contribution in [2.75, 3.05) is 11.9 Å². The van der Waals surface area contributed by atoms with E-state index in [9.17, 15) is 18.0 Å². The average Bonchev–Trinajstić information content (AvgIpc) is 3.31. The maximum atomic E-state index is 13.0. The van der Waals surface area contributed by atoms with Gasteiger partial charge in [0.05, 0.1) is 17.4 Å². The lowest BCUT2D eigenvalue weighted by atomic mass is 10.0. The van der Waals surface area contributed by atoms with Crippen molar-refractivity contribution in [1.29, 1.82) is 0 Å². The second-order valence-electron chi connectivity index (χ2n) is 7.66. The minimum absolute atomic E-state index is 0.183. The van der Waals surface area contributed by atoms with Crippen molar-refractivity contribution in [3.05, 3.63) is 66.1 Å². The van der Waals surface area contributed by atoms with Gasteiger partial charge in [0.25, 0.3) is 0 Å². The van der Waals surface area contributed by atoms with Gasteiger partial charge in [-0.15, -0.1) is 18.3 Å². The van der Waals surface area contributed by atoms with Crippen LogP contribution in [0.5, 0.6) is 5.75 Å². The van der Waals surface area contributed by atoms with Gasteiger partial charge in [-0.1, -0.05) is 41.1 Å². The fraction of sp³-hybridized carbons (Fsp3) is 0.261. The first-order chi connectivity index (χ1) is 16.3. The van der Waals surface area contributed by atoms with Crippen LogP contribution < -0.4 is 10.1 Å². The molecule has 0 spiro atoms. The van der Waals surface area contributed by atoms with Crippen LogP contribution in [0.15, 0.2) is 61.1 Å². The van der Waals surface area contributed by atoms with Crippen molar-refractivity contribution in [3.63, 3.8) is 0 Å². The Morgan fingerprint density at radius 3 is 2.71 bits per heavy atom. The summed E-state index contributed by atoms with van der Waals surface area (Å²) < 4.78 is 44.0. The number of anilines is 1. The number of ether oxygens (including phenoxy) is 1. The molecule has 2 aromatic carbocycles. The third-order valence-corrected chi connectivity index (χ3v) is 5.65. The van der Waals surface area contributed by atoms with Crippen molar-refractivity contribution < 1.29 is 22.7 Å². The molecule has 2 heterocycles. The van der Waals surface area contributed by atoms with E-state index in [1.807, 2.05) is 11.1 Å². The lowest BCUT2D eigenvalue weighted by Gasteiger charge is -2.33. The Hall–Kier alpha value is -3.53. The minimum atomic E-state index is -4.83. The molecule has 4 rings (SSSR count). The first-order valence-electron chi connectivity index (χ1n) is 10.6. The standard InChI is InChI=1S/C23H21ClF3N5O2/c24-19-15-16(8-9-17(19)18-5-1-2-7-21(18)34-23(25,26)27)29-22(33)20-6-3-4-11-31(20)13-14-32-12-10-28-30-32/h1-2,5,7-10,12-15,20H,3-4,6,11H2,(H,29,33)/t20-/m1/s1. The molecule has 3 aromatic rings. The van der Waals surface area contributed by atoms with Gasteiger partial charge in [-0.3, -0.25) is 4.79 Å². The highest BCUT2D eigenvalue weighted by molar-refractivity contribution is 6.33. The summed E-state index contributed by atoms with van der Waals surface area (Å²) in [6.45, 7) is 0.721. The van der Waals surface area contributed by atoms with Gasteiger partial charge in [-0.2, -0.15) is 0 Å². The van der Waals surface area contributed by atoms with E-state index >= 15 is 0 Å². The smallest absolute Gasteiger partial charge is 0.405 e. The molecule has 7 nitrogen and oxygen atoms in total. The van der Waals surface area contributed by atoms with Crippen LogP contribution in [0.4, 0.5) is 18.9 Å². The number of nitrogens with one attached hydrogen (secondary N) is 1. The predicted octanol–water partition coefficient (Wildman–Crippen LogP) is 5.42. The molecule has 1 aliphatic rings. The molecular weight excluding hydrogens is 471 g/mol. The van der Waals surface area contributed by atoms with E-state index in [0.717, 1.165) is 19.4 Å². The summed E-state index contributed by atoms with van der Waals surface area (Å²) in [7, 11) is 0. The molecule has 1 aromatic heterocycles. The number of carbonyl (C=O) groups is 1. The van der Waals surface area contributed by atoms with E-state index in [0.29, 0.717) is 17.7 Å². The fourth-order valence-electron chi connectivity index (χ4n) is 3.80. The first-order valence-corrected chi connectivity index (χ1v) is 10.9. The third-order valence-electron chi connectivity index (χ3n) is 5.34. The molecule has 0 aliphatic carbocycles. The Morgan fingerprint density at radius 2 is 1.97 bits per heavy atom. The van der Waals surface area contributed by atoms with E-state index < -0.39 is 6.36 Å². The van der Waals surface area contributed by atoms with Gasteiger partial charge in [0.1, 0.15) is 11.8 Å². The molecule has 1 saturated heterocycles. The molecule has 34 heavy (non-hydrogen) atoms. The maximum Gasteiger partial charge on any atom is 0.573 e. The normalized spacial score (nSPS) is 16.6. The van der Waals surface area contributed by atoms with Gasteiger partial charge >= 0.3 is 6.36 Å². The fourth-order valence-corrected chi connectivity index (χ4v) is 4.09. The Bertz CT molecular complexity index is 1170. The molecule has 1 atom stereocenters. The highest BCUT2D eigenvalue weighted by Gasteiger charge is 2.32. The summed E-state index contributed by atoms with van der Waals surface area (Å²) >= 11 is 6.39. The van der Waals surface area contributed by atoms with Crippen LogP contribution in [0.2, 0.25) is 5.02 Å². The second kappa shape index (κ2) is 10.2. The van der Waals surface area contributed by atoms with Gasteiger partial charge in [0.15, 0.2) is 0 Å².